The molecule has 0 atom stereocenters. The van der Waals surface area contributed by atoms with Gasteiger partial charge >= 0.3 is 6.03 Å². The quantitative estimate of drug-likeness (QED) is 0.380. The molecule has 172 valence electrons. The van der Waals surface area contributed by atoms with Gasteiger partial charge in [-0.2, -0.15) is 0 Å². The van der Waals surface area contributed by atoms with Crippen LogP contribution in [0.1, 0.15) is 63.5 Å². The maximum atomic E-state index is 12.4. The van der Waals surface area contributed by atoms with Gasteiger partial charge in [0.2, 0.25) is 0 Å². The second kappa shape index (κ2) is 8.93. The Bertz CT molecular complexity index is 1190. The summed E-state index contributed by atoms with van der Waals surface area (Å²) < 4.78 is 7.90. The van der Waals surface area contributed by atoms with E-state index in [4.69, 9.17) is 10.1 Å². The van der Waals surface area contributed by atoms with Crippen LogP contribution in [0.5, 0.6) is 5.75 Å². The molecule has 2 fully saturated rings. The monoisotopic (exact) mass is 444 g/mol. The van der Waals surface area contributed by atoms with Crippen molar-refractivity contribution in [2.24, 2.45) is 0 Å². The molecule has 6 nitrogen and oxygen atoms in total. The zero-order chi connectivity index (χ0) is 22.9. The van der Waals surface area contributed by atoms with E-state index in [1.54, 1.807) is 7.11 Å². The number of nitrogens with one attached hydrogen (secondary N) is 3. The zero-order valence-corrected chi connectivity index (χ0v) is 19.4. The number of hydrogen-bond acceptors (Lipinski definition) is 3. The van der Waals surface area contributed by atoms with Crippen LogP contribution < -0.4 is 15.4 Å². The molecule has 0 saturated heterocycles. The highest BCUT2D eigenvalue weighted by atomic mass is 16.5. The zero-order valence-electron chi connectivity index (χ0n) is 19.4. The lowest BCUT2D eigenvalue weighted by Crippen LogP contribution is -2.36. The first-order valence-electron chi connectivity index (χ1n) is 12.0. The van der Waals surface area contributed by atoms with Crippen LogP contribution in [0.2, 0.25) is 0 Å². The van der Waals surface area contributed by atoms with Crippen molar-refractivity contribution in [2.75, 3.05) is 12.4 Å². The Morgan fingerprint density at radius 2 is 1.76 bits per heavy atom. The first kappa shape index (κ1) is 21.6. The third-order valence-electron chi connectivity index (χ3n) is 7.13. The minimum Gasteiger partial charge on any atom is -0.497 e. The summed E-state index contributed by atoms with van der Waals surface area (Å²) in [5.41, 5.74) is 5.55. The van der Waals surface area contributed by atoms with E-state index >= 15 is 0 Å². The van der Waals surface area contributed by atoms with Crippen LogP contribution in [0.25, 0.3) is 22.2 Å². The molecular formula is C27H32N4O2. The number of hydrogen-bond donors (Lipinski definition) is 3. The van der Waals surface area contributed by atoms with Crippen molar-refractivity contribution in [3.63, 3.8) is 0 Å². The summed E-state index contributed by atoms with van der Waals surface area (Å²) in [4.78, 5) is 12.4. The number of rotatable bonds is 6. The summed E-state index contributed by atoms with van der Waals surface area (Å²) in [7, 11) is 1.68. The van der Waals surface area contributed by atoms with E-state index in [0.717, 1.165) is 64.8 Å². The number of fused-ring (bicyclic) bond motifs is 1. The van der Waals surface area contributed by atoms with E-state index in [1.165, 1.54) is 19.3 Å². The van der Waals surface area contributed by atoms with E-state index in [-0.39, 0.29) is 12.1 Å². The van der Waals surface area contributed by atoms with Gasteiger partial charge in [0.15, 0.2) is 0 Å². The molecule has 2 amide bonds. The highest BCUT2D eigenvalue weighted by Crippen LogP contribution is 2.43. The third kappa shape index (κ3) is 4.10. The van der Waals surface area contributed by atoms with Gasteiger partial charge in [-0.1, -0.05) is 25.0 Å². The number of aromatic nitrogens is 1. The Kier molecular flexibility index (Phi) is 5.83. The number of nitrogens with zero attached hydrogens (tertiary/aromatic N) is 1. The van der Waals surface area contributed by atoms with Crippen LogP contribution in [-0.4, -0.2) is 29.5 Å². The second-order valence-corrected chi connectivity index (χ2v) is 9.34. The Hall–Kier alpha value is -3.28. The Morgan fingerprint density at radius 1 is 1.03 bits per heavy atom. The average Bonchev–Trinajstić information content (AvgIpc) is 3.39. The van der Waals surface area contributed by atoms with Crippen LogP contribution in [0.4, 0.5) is 10.5 Å². The van der Waals surface area contributed by atoms with Gasteiger partial charge in [0, 0.05) is 39.9 Å². The molecule has 1 heterocycles. The van der Waals surface area contributed by atoms with Gasteiger partial charge in [-0.05, 0) is 74.9 Å². The summed E-state index contributed by atoms with van der Waals surface area (Å²) in [6.07, 6.45) is 8.05. The number of urea groups is 1. The number of methoxy groups -OCH3 is 1. The number of carbonyl (C=O) groups is 1. The molecule has 5 rings (SSSR count). The molecule has 2 saturated carbocycles. The standard InChI is InChI=1S/C27H32N4O2/c1-17(28)25-23-16-22(33-2)14-15-24(23)31(21-8-5-9-21)26(25)18-10-12-20(13-11-18)30-27(32)29-19-6-3-4-7-19/h10-16,19,21,28H,3-9H2,1-2H3,(H2,29,30,32). The van der Waals surface area contributed by atoms with Crippen molar-refractivity contribution >= 4 is 28.3 Å². The largest absolute Gasteiger partial charge is 0.497 e. The highest BCUT2D eigenvalue weighted by Gasteiger charge is 2.28. The van der Waals surface area contributed by atoms with Crippen LogP contribution in [-0.2, 0) is 0 Å². The van der Waals surface area contributed by atoms with E-state index < -0.39 is 0 Å². The molecule has 3 N–H and O–H groups in total. The summed E-state index contributed by atoms with van der Waals surface area (Å²) >= 11 is 0. The molecule has 2 aliphatic carbocycles. The average molecular weight is 445 g/mol. The Labute approximate surface area is 194 Å². The smallest absolute Gasteiger partial charge is 0.319 e. The normalized spacial score (nSPS) is 16.5. The molecule has 0 spiro atoms. The van der Waals surface area contributed by atoms with Crippen molar-refractivity contribution in [1.82, 2.24) is 9.88 Å². The molecule has 0 bridgehead atoms. The van der Waals surface area contributed by atoms with Gasteiger partial charge in [0.1, 0.15) is 5.75 Å². The first-order chi connectivity index (χ1) is 16.0. The van der Waals surface area contributed by atoms with Crippen molar-refractivity contribution in [3.8, 4) is 17.0 Å². The van der Waals surface area contributed by atoms with Crippen LogP contribution in [0.3, 0.4) is 0 Å². The van der Waals surface area contributed by atoms with Gasteiger partial charge in [-0.15, -0.1) is 0 Å². The van der Waals surface area contributed by atoms with Crippen molar-refractivity contribution in [3.05, 3.63) is 48.0 Å². The van der Waals surface area contributed by atoms with Gasteiger partial charge in [-0.3, -0.25) is 0 Å². The van der Waals surface area contributed by atoms with Crippen molar-refractivity contribution in [1.29, 1.82) is 5.41 Å². The fourth-order valence-electron chi connectivity index (χ4n) is 5.24. The van der Waals surface area contributed by atoms with Crippen LogP contribution in [0.15, 0.2) is 42.5 Å². The molecule has 0 unspecified atom stereocenters. The number of amides is 2. The Balaban J connectivity index is 1.51. The molecule has 2 aromatic carbocycles. The highest BCUT2D eigenvalue weighted by molar-refractivity contribution is 6.14. The maximum Gasteiger partial charge on any atom is 0.319 e. The predicted octanol–water partition coefficient (Wildman–Crippen LogP) is 6.49. The lowest BCUT2D eigenvalue weighted by molar-refractivity contribution is 0.248. The van der Waals surface area contributed by atoms with Crippen LogP contribution in [0, 0.1) is 5.41 Å². The van der Waals surface area contributed by atoms with E-state index in [9.17, 15) is 4.79 Å². The number of ether oxygens (including phenoxy) is 1. The Morgan fingerprint density at radius 3 is 2.36 bits per heavy atom. The summed E-state index contributed by atoms with van der Waals surface area (Å²) in [6, 6.07) is 14.8. The van der Waals surface area contributed by atoms with Gasteiger partial charge in [-0.25, -0.2) is 4.79 Å². The predicted molar refractivity (Wildman–Crippen MR) is 134 cm³/mol. The van der Waals surface area contributed by atoms with Crippen molar-refractivity contribution in [2.45, 2.75) is 64.0 Å². The fraction of sp³-hybridized carbons (Fsp3) is 0.407. The molecule has 6 heteroatoms. The SMILES string of the molecule is COc1ccc2c(c1)c(C(C)=N)c(-c1ccc(NC(=O)NC3CCCC3)cc1)n2C1CCC1. The number of benzene rings is 2. The van der Waals surface area contributed by atoms with E-state index in [2.05, 4.69) is 33.4 Å². The minimum absolute atomic E-state index is 0.138. The van der Waals surface area contributed by atoms with E-state index in [1.807, 2.05) is 31.2 Å². The summed E-state index contributed by atoms with van der Waals surface area (Å²) in [5, 5.41) is 15.7. The minimum atomic E-state index is -0.138. The first-order valence-corrected chi connectivity index (χ1v) is 12.0. The second-order valence-electron chi connectivity index (χ2n) is 9.34. The maximum absolute atomic E-state index is 12.4. The molecule has 0 aliphatic heterocycles. The molecule has 3 aromatic rings. The van der Waals surface area contributed by atoms with Crippen LogP contribution >= 0.6 is 0 Å². The van der Waals surface area contributed by atoms with Gasteiger partial charge in [0.25, 0.3) is 0 Å². The number of carbonyl (C=O) groups excluding carboxylic acids is 1. The fourth-order valence-corrected chi connectivity index (χ4v) is 5.24. The third-order valence-corrected chi connectivity index (χ3v) is 7.13. The lowest BCUT2D eigenvalue weighted by atomic mass is 9.92. The number of anilines is 1. The summed E-state index contributed by atoms with van der Waals surface area (Å²) in [6.45, 7) is 1.85. The molecule has 2 aliphatic rings. The lowest BCUT2D eigenvalue weighted by Gasteiger charge is -2.30. The van der Waals surface area contributed by atoms with Gasteiger partial charge < -0.3 is 25.3 Å². The molecule has 1 aromatic heterocycles. The molecular weight excluding hydrogens is 412 g/mol. The summed E-state index contributed by atoms with van der Waals surface area (Å²) in [5.74, 6) is 0.801. The van der Waals surface area contributed by atoms with E-state index in [0.29, 0.717) is 11.8 Å². The van der Waals surface area contributed by atoms with Gasteiger partial charge in [0.05, 0.1) is 12.8 Å². The molecule has 0 radical (unpaired) electrons. The topological polar surface area (TPSA) is 79.1 Å². The molecule has 33 heavy (non-hydrogen) atoms. The van der Waals surface area contributed by atoms with Crippen molar-refractivity contribution < 1.29 is 9.53 Å².